The molecule has 0 amide bonds. The molecule has 10 heteroatoms. The molecule has 1 atom stereocenters. The van der Waals surface area contributed by atoms with Crippen LogP contribution in [0.5, 0.6) is 5.75 Å². The quantitative estimate of drug-likeness (QED) is 0.283. The van der Waals surface area contributed by atoms with Gasteiger partial charge in [-0.25, -0.2) is 14.0 Å². The Bertz CT molecular complexity index is 885. The number of aliphatic carboxylic acids is 2. The van der Waals surface area contributed by atoms with Crippen molar-refractivity contribution in [3.05, 3.63) is 77.6 Å². The molecule has 0 radical (unpaired) electrons. The molecule has 0 fully saturated rings. The maximum absolute atomic E-state index is 13.7. The summed E-state index contributed by atoms with van der Waals surface area (Å²) in [5.74, 6) is -3.78. The molecule has 0 bridgehead atoms. The van der Waals surface area contributed by atoms with Gasteiger partial charge in [-0.2, -0.15) is 13.2 Å². The third-order valence-corrected chi connectivity index (χ3v) is 3.98. The van der Waals surface area contributed by atoms with Crippen LogP contribution < -0.4 is 10.5 Å². The number of rotatable bonds is 9. The van der Waals surface area contributed by atoms with Crippen LogP contribution >= 0.6 is 0 Å². The number of nitrogens with two attached hydrogens (primary N) is 1. The van der Waals surface area contributed by atoms with E-state index in [4.69, 9.17) is 20.7 Å². The molecule has 32 heavy (non-hydrogen) atoms. The fourth-order valence-corrected chi connectivity index (χ4v) is 2.54. The van der Waals surface area contributed by atoms with Gasteiger partial charge in [0, 0.05) is 18.2 Å². The third kappa shape index (κ3) is 10.1. The highest BCUT2D eigenvalue weighted by molar-refractivity contribution is 5.89. The normalized spacial score (nSPS) is 12.0. The van der Waals surface area contributed by atoms with Gasteiger partial charge in [0.25, 0.3) is 0 Å². The second-order valence-electron chi connectivity index (χ2n) is 6.45. The van der Waals surface area contributed by atoms with E-state index >= 15 is 0 Å². The van der Waals surface area contributed by atoms with Gasteiger partial charge in [-0.1, -0.05) is 30.3 Å². The van der Waals surface area contributed by atoms with E-state index in [1.54, 1.807) is 0 Å². The van der Waals surface area contributed by atoms with Gasteiger partial charge in [0.15, 0.2) is 0 Å². The summed E-state index contributed by atoms with van der Waals surface area (Å²) in [5, 5.41) is 15.6. The number of benzene rings is 2. The van der Waals surface area contributed by atoms with E-state index in [-0.39, 0.29) is 11.9 Å². The van der Waals surface area contributed by atoms with E-state index in [0.29, 0.717) is 31.2 Å². The SMILES string of the molecule is NCCCCC(Oc1ccc(C(F)(F)F)c(F)c1)c1ccccc1.O=C(O)C=CC(=O)O. The van der Waals surface area contributed by atoms with Crippen molar-refractivity contribution in [1.82, 2.24) is 0 Å². The van der Waals surface area contributed by atoms with Crippen LogP contribution in [0, 0.1) is 5.82 Å². The minimum absolute atomic E-state index is 0.0714. The van der Waals surface area contributed by atoms with Crippen molar-refractivity contribution in [3.8, 4) is 5.75 Å². The zero-order valence-corrected chi connectivity index (χ0v) is 16.9. The number of halogens is 4. The summed E-state index contributed by atoms with van der Waals surface area (Å²) in [7, 11) is 0. The van der Waals surface area contributed by atoms with Gasteiger partial charge in [0.2, 0.25) is 0 Å². The number of carbonyl (C=O) groups is 2. The lowest BCUT2D eigenvalue weighted by Gasteiger charge is -2.20. The molecule has 4 N–H and O–H groups in total. The van der Waals surface area contributed by atoms with Crippen LogP contribution in [0.3, 0.4) is 0 Å². The van der Waals surface area contributed by atoms with Crippen molar-refractivity contribution in [3.63, 3.8) is 0 Å². The van der Waals surface area contributed by atoms with E-state index in [2.05, 4.69) is 0 Å². The van der Waals surface area contributed by atoms with Gasteiger partial charge in [-0.3, -0.25) is 0 Å². The highest BCUT2D eigenvalue weighted by Gasteiger charge is 2.34. The average Bonchev–Trinajstić information content (AvgIpc) is 2.72. The Labute approximate surface area is 181 Å². The number of carboxylic acid groups (broad SMARTS) is 2. The summed E-state index contributed by atoms with van der Waals surface area (Å²) in [6.07, 6.45) is -1.71. The summed E-state index contributed by atoms with van der Waals surface area (Å²) < 4.78 is 57.3. The Balaban J connectivity index is 0.000000547. The molecule has 174 valence electrons. The molecule has 2 aromatic carbocycles. The van der Waals surface area contributed by atoms with Gasteiger partial charge in [0.05, 0.1) is 5.56 Å². The van der Waals surface area contributed by atoms with E-state index in [9.17, 15) is 27.2 Å². The summed E-state index contributed by atoms with van der Waals surface area (Å²) in [4.78, 5) is 19.1. The maximum Gasteiger partial charge on any atom is 0.419 e. The number of carboxylic acids is 2. The summed E-state index contributed by atoms with van der Waals surface area (Å²) in [6, 6.07) is 11.9. The Kier molecular flexibility index (Phi) is 10.9. The zero-order chi connectivity index (χ0) is 24.1. The molecule has 1 unspecified atom stereocenters. The number of ether oxygens (including phenoxy) is 1. The molecule has 2 rings (SSSR count). The Morgan fingerprint density at radius 1 is 1.00 bits per heavy atom. The highest BCUT2D eigenvalue weighted by atomic mass is 19.4. The van der Waals surface area contributed by atoms with Gasteiger partial charge in [0.1, 0.15) is 17.7 Å². The Morgan fingerprint density at radius 3 is 2.06 bits per heavy atom. The summed E-state index contributed by atoms with van der Waals surface area (Å²) >= 11 is 0. The van der Waals surface area contributed by atoms with Crippen molar-refractivity contribution >= 4 is 11.9 Å². The monoisotopic (exact) mass is 457 g/mol. The maximum atomic E-state index is 13.7. The molecule has 0 spiro atoms. The van der Waals surface area contributed by atoms with E-state index in [1.165, 1.54) is 0 Å². The zero-order valence-electron chi connectivity index (χ0n) is 16.9. The second-order valence-corrected chi connectivity index (χ2v) is 6.45. The van der Waals surface area contributed by atoms with Crippen LogP contribution in [0.25, 0.3) is 0 Å². The van der Waals surface area contributed by atoms with Gasteiger partial charge in [-0.05, 0) is 43.5 Å². The molecule has 0 aromatic heterocycles. The van der Waals surface area contributed by atoms with E-state index < -0.39 is 29.5 Å². The molecule has 2 aromatic rings. The van der Waals surface area contributed by atoms with Crippen molar-refractivity contribution in [2.24, 2.45) is 5.73 Å². The summed E-state index contributed by atoms with van der Waals surface area (Å²) in [5.41, 5.74) is 5.07. The molecule has 0 saturated carbocycles. The molecule has 0 aliphatic heterocycles. The van der Waals surface area contributed by atoms with Crippen LogP contribution in [0.1, 0.15) is 36.5 Å². The minimum Gasteiger partial charge on any atom is -0.486 e. The standard InChI is InChI=1S/C18H19F4NO.C4H4O4/c19-16-12-14(9-10-15(16)18(20,21)22)24-17(8-4-5-11-23)13-6-2-1-3-7-13;5-3(6)1-2-4(7)8/h1-3,6-7,9-10,12,17H,4-5,8,11,23H2;1-2H,(H,5,6)(H,7,8). The number of alkyl halides is 3. The Hall–Kier alpha value is -3.40. The smallest absolute Gasteiger partial charge is 0.419 e. The molecule has 0 heterocycles. The van der Waals surface area contributed by atoms with Gasteiger partial charge < -0.3 is 20.7 Å². The molecule has 0 saturated heterocycles. The lowest BCUT2D eigenvalue weighted by atomic mass is 10.0. The molecule has 6 nitrogen and oxygen atoms in total. The Morgan fingerprint density at radius 2 is 1.59 bits per heavy atom. The first-order valence-electron chi connectivity index (χ1n) is 9.47. The first kappa shape index (κ1) is 26.6. The molecular weight excluding hydrogens is 434 g/mol. The van der Waals surface area contributed by atoms with Crippen LogP contribution in [0.15, 0.2) is 60.7 Å². The van der Waals surface area contributed by atoms with Crippen molar-refractivity contribution in [1.29, 1.82) is 0 Å². The average molecular weight is 457 g/mol. The van der Waals surface area contributed by atoms with Crippen LogP contribution in [-0.4, -0.2) is 28.7 Å². The number of hydrogen-bond acceptors (Lipinski definition) is 4. The predicted octanol–water partition coefficient (Wildman–Crippen LogP) is 4.81. The van der Waals surface area contributed by atoms with Gasteiger partial charge in [-0.15, -0.1) is 0 Å². The topological polar surface area (TPSA) is 110 Å². The van der Waals surface area contributed by atoms with Crippen molar-refractivity contribution in [2.45, 2.75) is 31.5 Å². The fraction of sp³-hybridized carbons (Fsp3) is 0.273. The third-order valence-electron chi connectivity index (χ3n) is 3.98. The minimum atomic E-state index is -4.72. The lowest BCUT2D eigenvalue weighted by Crippen LogP contribution is -2.11. The predicted molar refractivity (Wildman–Crippen MR) is 109 cm³/mol. The molecule has 0 aliphatic carbocycles. The van der Waals surface area contributed by atoms with Crippen LogP contribution in [0.2, 0.25) is 0 Å². The van der Waals surface area contributed by atoms with E-state index in [0.717, 1.165) is 30.5 Å². The fourth-order valence-electron chi connectivity index (χ4n) is 2.54. The van der Waals surface area contributed by atoms with Gasteiger partial charge >= 0.3 is 18.1 Å². The number of unbranched alkanes of at least 4 members (excludes halogenated alkanes) is 1. The largest absolute Gasteiger partial charge is 0.486 e. The number of hydrogen-bond donors (Lipinski definition) is 3. The second kappa shape index (κ2) is 13.1. The van der Waals surface area contributed by atoms with Crippen LogP contribution in [0.4, 0.5) is 17.6 Å². The lowest BCUT2D eigenvalue weighted by molar-refractivity contribution is -0.140. The van der Waals surface area contributed by atoms with Crippen molar-refractivity contribution < 1.29 is 42.1 Å². The summed E-state index contributed by atoms with van der Waals surface area (Å²) in [6.45, 7) is 0.552. The molecule has 0 aliphatic rings. The van der Waals surface area contributed by atoms with E-state index in [1.807, 2.05) is 30.3 Å². The van der Waals surface area contributed by atoms with Crippen molar-refractivity contribution in [2.75, 3.05) is 6.54 Å². The molecular formula is C22H23F4NO5. The first-order valence-corrected chi connectivity index (χ1v) is 9.47. The highest BCUT2D eigenvalue weighted by Crippen LogP contribution is 2.34. The first-order chi connectivity index (χ1) is 15.0. The van der Waals surface area contributed by atoms with Crippen LogP contribution in [-0.2, 0) is 15.8 Å².